The van der Waals surface area contributed by atoms with Crippen LogP contribution in [0.4, 0.5) is 0 Å². The van der Waals surface area contributed by atoms with E-state index < -0.39 is 18.2 Å². The third-order valence-electron chi connectivity index (χ3n) is 6.84. The molecule has 8 heteroatoms. The zero-order chi connectivity index (χ0) is 19.2. The van der Waals surface area contributed by atoms with Gasteiger partial charge in [-0.15, -0.1) is 0 Å². The molecule has 0 aromatic heterocycles. The normalized spacial score (nSPS) is 46.5. The Morgan fingerprint density at radius 2 is 2.00 bits per heavy atom. The molecule has 2 saturated heterocycles. The van der Waals surface area contributed by atoms with E-state index in [0.29, 0.717) is 11.6 Å². The molecular formula is C19H31N4O4+. The lowest BCUT2D eigenvalue weighted by molar-refractivity contribution is -0.530. The Balaban J connectivity index is 1.54. The van der Waals surface area contributed by atoms with Gasteiger partial charge >= 0.3 is 0 Å². The van der Waals surface area contributed by atoms with Crippen molar-refractivity contribution in [3.8, 4) is 0 Å². The summed E-state index contributed by atoms with van der Waals surface area (Å²) in [4.78, 5) is 0. The van der Waals surface area contributed by atoms with Gasteiger partial charge in [0.25, 0.3) is 5.70 Å². The monoisotopic (exact) mass is 379 g/mol. The van der Waals surface area contributed by atoms with Crippen molar-refractivity contribution >= 4 is 5.87 Å². The molecular weight excluding hydrogens is 348 g/mol. The van der Waals surface area contributed by atoms with E-state index in [1.165, 1.54) is 4.68 Å². The van der Waals surface area contributed by atoms with Gasteiger partial charge in [-0.3, -0.25) is 5.73 Å². The molecule has 1 aliphatic carbocycles. The first-order valence-electron chi connectivity index (χ1n) is 10.1. The number of aliphatic hydroxyl groups is 1. The molecule has 0 bridgehead atoms. The first kappa shape index (κ1) is 19.2. The fourth-order valence-electron chi connectivity index (χ4n) is 5.33. The molecule has 0 radical (unpaired) electrons. The van der Waals surface area contributed by atoms with Crippen molar-refractivity contribution in [2.45, 2.75) is 70.7 Å². The van der Waals surface area contributed by atoms with Crippen LogP contribution in [0, 0.1) is 23.7 Å². The Bertz CT molecular complexity index is 677. The maximum absolute atomic E-state index is 11.8. The Morgan fingerprint density at radius 1 is 1.22 bits per heavy atom. The highest BCUT2D eigenvalue weighted by Crippen LogP contribution is 2.54. The van der Waals surface area contributed by atoms with E-state index in [1.54, 1.807) is 0 Å². The van der Waals surface area contributed by atoms with E-state index in [4.69, 9.17) is 19.9 Å². The summed E-state index contributed by atoms with van der Waals surface area (Å²) in [6.07, 6.45) is 2.94. The van der Waals surface area contributed by atoms with Gasteiger partial charge in [-0.2, -0.15) is 0 Å². The summed E-state index contributed by atoms with van der Waals surface area (Å²) in [7, 11) is 0. The molecule has 8 nitrogen and oxygen atoms in total. The molecule has 150 valence electrons. The predicted molar refractivity (Wildman–Crippen MR) is 96.6 cm³/mol. The van der Waals surface area contributed by atoms with Gasteiger partial charge in [-0.25, -0.2) is 0 Å². The molecule has 4 rings (SSSR count). The first-order valence-corrected chi connectivity index (χ1v) is 10.1. The van der Waals surface area contributed by atoms with Gasteiger partial charge < -0.3 is 19.3 Å². The molecule has 1 saturated carbocycles. The Hall–Kier alpha value is -1.15. The van der Waals surface area contributed by atoms with Crippen LogP contribution in [0.2, 0.25) is 0 Å². The molecule has 3 heterocycles. The van der Waals surface area contributed by atoms with E-state index in [-0.39, 0.29) is 37.1 Å². The molecule has 3 aliphatic heterocycles. The third-order valence-corrected chi connectivity index (χ3v) is 6.84. The zero-order valence-corrected chi connectivity index (χ0v) is 16.4. The van der Waals surface area contributed by atoms with Crippen molar-refractivity contribution < 1.29 is 24.0 Å². The van der Waals surface area contributed by atoms with Crippen molar-refractivity contribution in [2.24, 2.45) is 39.7 Å². The van der Waals surface area contributed by atoms with Gasteiger partial charge in [0.2, 0.25) is 0 Å². The van der Waals surface area contributed by atoms with Crippen molar-refractivity contribution in [1.82, 2.24) is 0 Å². The molecule has 3 fully saturated rings. The molecule has 8 atom stereocenters. The molecule has 4 aliphatic rings. The van der Waals surface area contributed by atoms with Gasteiger partial charge in [-0.05, 0) is 44.4 Å². The molecule has 0 aromatic carbocycles. The lowest BCUT2D eigenvalue weighted by atomic mass is 9.58. The summed E-state index contributed by atoms with van der Waals surface area (Å²) >= 11 is 0. The van der Waals surface area contributed by atoms with Crippen molar-refractivity contribution in [3.63, 3.8) is 0 Å². The number of rotatable bonds is 4. The van der Waals surface area contributed by atoms with Gasteiger partial charge in [0.15, 0.2) is 25.1 Å². The van der Waals surface area contributed by atoms with Gasteiger partial charge in [0, 0.05) is 11.8 Å². The maximum atomic E-state index is 11.8. The summed E-state index contributed by atoms with van der Waals surface area (Å²) in [5, 5.41) is 19.7. The summed E-state index contributed by atoms with van der Waals surface area (Å²) in [6, 6.07) is 0. The number of ether oxygens (including phenoxy) is 3. The minimum absolute atomic E-state index is 0.0582. The molecule has 0 spiro atoms. The van der Waals surface area contributed by atoms with Crippen LogP contribution in [0.5, 0.6) is 0 Å². The quantitative estimate of drug-likeness (QED) is 0.725. The molecule has 8 unspecified atom stereocenters. The fourth-order valence-corrected chi connectivity index (χ4v) is 5.33. The topological polar surface area (TPSA) is 102 Å². The van der Waals surface area contributed by atoms with E-state index in [9.17, 15) is 5.11 Å². The van der Waals surface area contributed by atoms with E-state index in [0.717, 1.165) is 25.7 Å². The summed E-state index contributed by atoms with van der Waals surface area (Å²) in [5.41, 5.74) is 5.16. The minimum atomic E-state index is -0.948. The van der Waals surface area contributed by atoms with Crippen LogP contribution in [0.1, 0.15) is 46.5 Å². The number of hydrogen-bond donors (Lipinski definition) is 2. The molecule has 3 N–H and O–H groups in total. The van der Waals surface area contributed by atoms with Crippen LogP contribution >= 0.6 is 0 Å². The number of hydrogen-bond acceptors (Lipinski definition) is 7. The third kappa shape index (κ3) is 3.28. The van der Waals surface area contributed by atoms with Crippen LogP contribution < -0.4 is 5.73 Å². The Labute approximate surface area is 160 Å². The second-order valence-corrected chi connectivity index (χ2v) is 8.52. The van der Waals surface area contributed by atoms with Crippen LogP contribution in [0.3, 0.4) is 0 Å². The Kier molecular flexibility index (Phi) is 5.22. The lowest BCUT2D eigenvalue weighted by Gasteiger charge is -2.57. The highest BCUT2D eigenvalue weighted by atomic mass is 16.8. The largest absolute Gasteiger partial charge is 0.384 e. The SMILES string of the molecule is CC1CCC2C(C)CCC3C(C)C(OCC4=C=[N+](CN)N=N4)OC(O1)C23O. The van der Waals surface area contributed by atoms with Crippen molar-refractivity contribution in [1.29, 1.82) is 0 Å². The highest BCUT2D eigenvalue weighted by molar-refractivity contribution is 5.53. The van der Waals surface area contributed by atoms with E-state index in [1.807, 2.05) is 0 Å². The van der Waals surface area contributed by atoms with Gasteiger partial charge in [0.05, 0.1) is 11.2 Å². The van der Waals surface area contributed by atoms with Crippen molar-refractivity contribution in [2.75, 3.05) is 13.3 Å². The molecule has 0 amide bonds. The maximum Gasteiger partial charge on any atom is 0.289 e. The second kappa shape index (κ2) is 7.35. The summed E-state index contributed by atoms with van der Waals surface area (Å²) < 4.78 is 19.8. The van der Waals surface area contributed by atoms with Crippen molar-refractivity contribution in [3.05, 3.63) is 5.70 Å². The Morgan fingerprint density at radius 3 is 2.74 bits per heavy atom. The van der Waals surface area contributed by atoms with Crippen LogP contribution in [0.25, 0.3) is 0 Å². The van der Waals surface area contributed by atoms with E-state index in [2.05, 4.69) is 37.0 Å². The number of nitrogens with two attached hydrogens (primary N) is 1. The van der Waals surface area contributed by atoms with E-state index >= 15 is 0 Å². The first-order chi connectivity index (χ1) is 12.9. The summed E-state index contributed by atoms with van der Waals surface area (Å²) in [6.45, 7) is 6.87. The lowest BCUT2D eigenvalue weighted by Crippen LogP contribution is -2.66. The molecule has 0 aromatic rings. The smallest absolute Gasteiger partial charge is 0.289 e. The highest BCUT2D eigenvalue weighted by Gasteiger charge is 2.62. The minimum Gasteiger partial charge on any atom is -0.384 e. The van der Waals surface area contributed by atoms with Crippen LogP contribution in [-0.4, -0.2) is 53.2 Å². The van der Waals surface area contributed by atoms with Crippen LogP contribution in [0.15, 0.2) is 16.0 Å². The predicted octanol–water partition coefficient (Wildman–Crippen LogP) is 1.78. The fraction of sp³-hybridized carbons (Fsp3) is 0.895. The molecule has 27 heavy (non-hydrogen) atoms. The zero-order valence-electron chi connectivity index (χ0n) is 16.4. The number of nitrogens with zero attached hydrogens (tertiary/aromatic N) is 3. The standard InChI is InChI=1S/C19H31N4O4/c1-11-4-6-16-13(3)17(25-9-14-8-23(10-20)22-21-14)27-18-19(16,24)15(11)7-5-12(2)26-18/h11-13,15-18,24H,4-7,9-10,20H2,1-3H3/q+1. The summed E-state index contributed by atoms with van der Waals surface area (Å²) in [5.74, 6) is 3.78. The van der Waals surface area contributed by atoms with Crippen LogP contribution in [-0.2, 0) is 14.2 Å². The average molecular weight is 379 g/mol. The second-order valence-electron chi connectivity index (χ2n) is 8.52. The van der Waals surface area contributed by atoms with Gasteiger partial charge in [-0.1, -0.05) is 18.5 Å². The average Bonchev–Trinajstić information content (AvgIpc) is 3.05. The van der Waals surface area contributed by atoms with Gasteiger partial charge in [0.1, 0.15) is 17.4 Å².